The van der Waals surface area contributed by atoms with Crippen LogP contribution in [0, 0.1) is 20.2 Å². The highest BCUT2D eigenvalue weighted by molar-refractivity contribution is 5.60. The largest absolute Gasteiger partial charge is 0.433 e. The van der Waals surface area contributed by atoms with Crippen molar-refractivity contribution in [2.24, 2.45) is 0 Å². The number of furan rings is 2. The van der Waals surface area contributed by atoms with Crippen LogP contribution in [-0.2, 0) is 13.1 Å². The minimum absolute atomic E-state index is 0.274. The number of nitro groups is 2. The lowest BCUT2D eigenvalue weighted by Gasteiger charge is -2.00. The van der Waals surface area contributed by atoms with Crippen molar-refractivity contribution >= 4 is 11.8 Å². The lowest BCUT2D eigenvalue weighted by molar-refractivity contribution is -0.690. The minimum Gasteiger partial charge on any atom is -0.399 e. The van der Waals surface area contributed by atoms with Crippen LogP contribution in [0.4, 0.5) is 11.8 Å². The Morgan fingerprint density at radius 1 is 0.633 bits per heavy atom. The average molecular weight is 408 g/mol. The van der Waals surface area contributed by atoms with Gasteiger partial charge in [-0.3, -0.25) is 20.2 Å². The number of nitrogens with zero attached hydrogens (tertiary/aromatic N) is 4. The number of hydrogen-bond donors (Lipinski definition) is 0. The summed E-state index contributed by atoms with van der Waals surface area (Å²) in [6, 6.07) is 13.6. The van der Waals surface area contributed by atoms with Crippen LogP contribution in [0.25, 0.3) is 11.1 Å². The highest BCUT2D eigenvalue weighted by atomic mass is 16.7. The second-order valence-electron chi connectivity index (χ2n) is 6.51. The van der Waals surface area contributed by atoms with Crippen molar-refractivity contribution in [3.63, 3.8) is 0 Å². The highest BCUT2D eigenvalue weighted by Crippen LogP contribution is 2.18. The summed E-state index contributed by atoms with van der Waals surface area (Å²) in [7, 11) is 0. The molecule has 30 heavy (non-hydrogen) atoms. The summed E-state index contributed by atoms with van der Waals surface area (Å²) in [5.74, 6) is 0.449. The van der Waals surface area contributed by atoms with Gasteiger partial charge in [-0.25, -0.2) is 0 Å². The second-order valence-corrected chi connectivity index (χ2v) is 6.51. The first-order valence-electron chi connectivity index (χ1n) is 8.93. The normalized spacial score (nSPS) is 10.8. The van der Waals surface area contributed by atoms with Crippen molar-refractivity contribution in [1.82, 2.24) is 0 Å². The molecule has 4 heterocycles. The van der Waals surface area contributed by atoms with Gasteiger partial charge in [0.1, 0.15) is 9.85 Å². The molecule has 0 aliphatic rings. The van der Waals surface area contributed by atoms with E-state index in [2.05, 4.69) is 0 Å². The fourth-order valence-corrected chi connectivity index (χ4v) is 2.97. The summed E-state index contributed by atoms with van der Waals surface area (Å²) < 4.78 is 14.1. The fourth-order valence-electron chi connectivity index (χ4n) is 2.97. The molecule has 4 aromatic rings. The first kappa shape index (κ1) is 19.0. The van der Waals surface area contributed by atoms with Gasteiger partial charge in [-0.05, 0) is 23.3 Å². The minimum atomic E-state index is -0.563. The Kier molecular flexibility index (Phi) is 5.04. The molecule has 0 radical (unpaired) electrons. The molecule has 0 unspecified atom stereocenters. The van der Waals surface area contributed by atoms with E-state index < -0.39 is 9.85 Å². The molecule has 0 spiro atoms. The summed E-state index contributed by atoms with van der Waals surface area (Å²) in [5.41, 5.74) is 2.00. The standard InChI is InChI=1S/C20H16N4O6/c25-23(26)19-3-1-17(29-19)13-21-9-5-15(6-10-21)16-7-11-22(12-8-16)14-18-2-4-20(30-18)24(27)28/h1-12H,13-14H2/q+2. The molecule has 0 aliphatic carbocycles. The molecule has 0 fully saturated rings. The van der Waals surface area contributed by atoms with E-state index in [9.17, 15) is 20.2 Å². The molecular formula is C20H16N4O6+2. The van der Waals surface area contributed by atoms with Gasteiger partial charge in [-0.15, -0.1) is 0 Å². The Labute approximate surface area is 169 Å². The molecule has 4 aromatic heterocycles. The first-order valence-corrected chi connectivity index (χ1v) is 8.93. The molecule has 0 amide bonds. The zero-order valence-corrected chi connectivity index (χ0v) is 15.6. The van der Waals surface area contributed by atoms with Crippen molar-refractivity contribution in [1.29, 1.82) is 0 Å². The third-order valence-corrected chi connectivity index (χ3v) is 4.45. The maximum Gasteiger partial charge on any atom is 0.433 e. The van der Waals surface area contributed by atoms with Crippen LogP contribution in [0.2, 0.25) is 0 Å². The third-order valence-electron chi connectivity index (χ3n) is 4.45. The Hall–Kier alpha value is -4.34. The molecule has 0 saturated carbocycles. The Bertz CT molecular complexity index is 1100. The molecule has 0 aromatic carbocycles. The molecule has 0 bridgehead atoms. The van der Waals surface area contributed by atoms with Gasteiger partial charge < -0.3 is 8.83 Å². The smallest absolute Gasteiger partial charge is 0.399 e. The summed E-state index contributed by atoms with van der Waals surface area (Å²) in [4.78, 5) is 20.3. The Morgan fingerprint density at radius 2 is 1.00 bits per heavy atom. The van der Waals surface area contributed by atoms with Crippen LogP contribution in [0.5, 0.6) is 0 Å². The van der Waals surface area contributed by atoms with Gasteiger partial charge in [0.2, 0.25) is 13.1 Å². The van der Waals surface area contributed by atoms with E-state index in [1.165, 1.54) is 12.1 Å². The summed E-state index contributed by atoms with van der Waals surface area (Å²) >= 11 is 0. The SMILES string of the molecule is O=[N+]([O-])c1ccc(C[n+]2ccc(-c3cc[n+](Cc4ccc([N+](=O)[O-])o4)cc3)cc2)o1. The molecule has 0 atom stereocenters. The predicted octanol–water partition coefficient (Wildman–Crippen LogP) is 3.03. The Balaban J connectivity index is 1.42. The molecule has 0 saturated heterocycles. The van der Waals surface area contributed by atoms with Crippen molar-refractivity contribution in [3.05, 3.63) is 105 Å². The lowest BCUT2D eigenvalue weighted by atomic mass is 10.1. The first-order chi connectivity index (χ1) is 14.5. The number of pyridine rings is 2. The zero-order valence-electron chi connectivity index (χ0n) is 15.6. The molecule has 0 N–H and O–H groups in total. The van der Waals surface area contributed by atoms with Crippen LogP contribution in [0.15, 0.2) is 82.2 Å². The van der Waals surface area contributed by atoms with E-state index in [0.717, 1.165) is 11.1 Å². The van der Waals surface area contributed by atoms with Crippen LogP contribution < -0.4 is 9.13 Å². The van der Waals surface area contributed by atoms with E-state index in [-0.39, 0.29) is 11.8 Å². The van der Waals surface area contributed by atoms with Gasteiger partial charge in [-0.2, -0.15) is 9.13 Å². The van der Waals surface area contributed by atoms with E-state index in [0.29, 0.717) is 24.6 Å². The molecule has 10 heteroatoms. The number of hydrogen-bond acceptors (Lipinski definition) is 6. The maximum absolute atomic E-state index is 10.7. The highest BCUT2D eigenvalue weighted by Gasteiger charge is 2.16. The maximum atomic E-state index is 10.7. The monoisotopic (exact) mass is 408 g/mol. The van der Waals surface area contributed by atoms with Gasteiger partial charge >= 0.3 is 11.8 Å². The van der Waals surface area contributed by atoms with E-state index in [4.69, 9.17) is 8.83 Å². The van der Waals surface area contributed by atoms with Crippen molar-refractivity contribution in [3.8, 4) is 11.1 Å². The van der Waals surface area contributed by atoms with Gasteiger partial charge in [0.15, 0.2) is 36.3 Å². The molecule has 0 aliphatic heterocycles. The molecule has 10 nitrogen and oxygen atoms in total. The van der Waals surface area contributed by atoms with E-state index in [1.54, 1.807) is 12.1 Å². The molecular weight excluding hydrogens is 392 g/mol. The summed E-state index contributed by atoms with van der Waals surface area (Å²) in [6.45, 7) is 0.774. The topological polar surface area (TPSA) is 120 Å². The van der Waals surface area contributed by atoms with E-state index in [1.807, 2.05) is 58.2 Å². The van der Waals surface area contributed by atoms with Gasteiger partial charge in [0, 0.05) is 24.3 Å². The molecule has 4 rings (SSSR count). The van der Waals surface area contributed by atoms with Crippen molar-refractivity contribution in [2.75, 3.05) is 0 Å². The van der Waals surface area contributed by atoms with Gasteiger partial charge in [0.25, 0.3) is 0 Å². The Morgan fingerprint density at radius 3 is 1.30 bits per heavy atom. The fraction of sp³-hybridized carbons (Fsp3) is 0.100. The lowest BCUT2D eigenvalue weighted by Crippen LogP contribution is -2.33. The van der Waals surface area contributed by atoms with E-state index >= 15 is 0 Å². The van der Waals surface area contributed by atoms with Gasteiger partial charge in [0.05, 0.1) is 12.1 Å². The average Bonchev–Trinajstić information content (AvgIpc) is 3.39. The summed E-state index contributed by atoms with van der Waals surface area (Å²) in [5, 5.41) is 21.4. The quantitative estimate of drug-likeness (QED) is 0.263. The second kappa shape index (κ2) is 7.95. The van der Waals surface area contributed by atoms with Gasteiger partial charge in [-0.1, -0.05) is 0 Å². The van der Waals surface area contributed by atoms with Crippen LogP contribution in [-0.4, -0.2) is 9.85 Å². The predicted molar refractivity (Wildman–Crippen MR) is 101 cm³/mol. The van der Waals surface area contributed by atoms with Crippen LogP contribution in [0.1, 0.15) is 11.5 Å². The third kappa shape index (κ3) is 4.22. The number of rotatable bonds is 7. The molecule has 150 valence electrons. The van der Waals surface area contributed by atoms with Crippen molar-refractivity contribution < 1.29 is 27.8 Å². The van der Waals surface area contributed by atoms with Crippen molar-refractivity contribution in [2.45, 2.75) is 13.1 Å². The van der Waals surface area contributed by atoms with Crippen LogP contribution in [0.3, 0.4) is 0 Å². The van der Waals surface area contributed by atoms with Crippen LogP contribution >= 0.6 is 0 Å². The number of aromatic nitrogens is 2. The zero-order chi connectivity index (χ0) is 21.1. The summed E-state index contributed by atoms with van der Waals surface area (Å²) in [6.07, 6.45) is 7.47.